The van der Waals surface area contributed by atoms with Crippen molar-refractivity contribution in [3.05, 3.63) is 194 Å². The fourth-order valence-corrected chi connectivity index (χ4v) is 7.81. The second kappa shape index (κ2) is 11.6. The summed E-state index contributed by atoms with van der Waals surface area (Å²) < 4.78 is 4.58. The summed E-state index contributed by atoms with van der Waals surface area (Å²) in [5.41, 5.74) is 8.84. The molecule has 0 fully saturated rings. The van der Waals surface area contributed by atoms with E-state index in [0.717, 1.165) is 77.1 Å². The van der Waals surface area contributed by atoms with Crippen LogP contribution in [-0.2, 0) is 0 Å². The SMILES string of the molecule is O=C(c1ccc2c(c1)c1ccccc1n2-c1ccccc1)N(c1ccc2c(c1)c1ccccc1n2-c1ccccc1)c1cccc2ccccc12. The first kappa shape index (κ1) is 29.0. The molecular formula is C47H31N3O. The van der Waals surface area contributed by atoms with Gasteiger partial charge in [0.2, 0.25) is 0 Å². The summed E-state index contributed by atoms with van der Waals surface area (Å²) in [6.45, 7) is 0. The number of anilines is 2. The molecule has 0 saturated heterocycles. The Labute approximate surface area is 294 Å². The quantitative estimate of drug-likeness (QED) is 0.182. The molecule has 10 rings (SSSR count). The van der Waals surface area contributed by atoms with E-state index in [1.807, 2.05) is 41.3 Å². The molecule has 0 N–H and O–H groups in total. The van der Waals surface area contributed by atoms with Gasteiger partial charge in [0.05, 0.1) is 33.4 Å². The number of carbonyl (C=O) groups is 1. The molecular weight excluding hydrogens is 623 g/mol. The molecule has 1 amide bonds. The number of aromatic nitrogens is 2. The second-order valence-electron chi connectivity index (χ2n) is 12.9. The highest BCUT2D eigenvalue weighted by Gasteiger charge is 2.25. The maximum Gasteiger partial charge on any atom is 0.262 e. The third-order valence-corrected chi connectivity index (χ3v) is 10.1. The van der Waals surface area contributed by atoms with Crippen molar-refractivity contribution in [2.24, 2.45) is 0 Å². The molecule has 240 valence electrons. The van der Waals surface area contributed by atoms with Gasteiger partial charge in [-0.05, 0) is 84.2 Å². The Morgan fingerprint density at radius 3 is 1.53 bits per heavy atom. The Hall–Kier alpha value is -6.91. The van der Waals surface area contributed by atoms with Gasteiger partial charge in [0.25, 0.3) is 5.91 Å². The van der Waals surface area contributed by atoms with Crippen molar-refractivity contribution in [3.8, 4) is 11.4 Å². The molecule has 10 aromatic rings. The predicted molar refractivity (Wildman–Crippen MR) is 212 cm³/mol. The van der Waals surface area contributed by atoms with Gasteiger partial charge in [0.1, 0.15) is 0 Å². The first-order valence-electron chi connectivity index (χ1n) is 17.2. The van der Waals surface area contributed by atoms with E-state index in [4.69, 9.17) is 0 Å². The maximum absolute atomic E-state index is 15.2. The third-order valence-electron chi connectivity index (χ3n) is 10.1. The molecule has 0 radical (unpaired) electrons. The lowest BCUT2D eigenvalue weighted by Crippen LogP contribution is -2.26. The highest BCUT2D eigenvalue weighted by atomic mass is 16.2. The summed E-state index contributed by atoms with van der Waals surface area (Å²) in [5.74, 6) is -0.0871. The molecule has 4 heteroatoms. The maximum atomic E-state index is 15.2. The molecule has 0 bridgehead atoms. The lowest BCUT2D eigenvalue weighted by atomic mass is 10.0. The molecule has 51 heavy (non-hydrogen) atoms. The zero-order valence-electron chi connectivity index (χ0n) is 27.6. The number of carbonyl (C=O) groups excluding carboxylic acids is 1. The van der Waals surface area contributed by atoms with Gasteiger partial charge in [-0.2, -0.15) is 0 Å². The van der Waals surface area contributed by atoms with Crippen LogP contribution in [-0.4, -0.2) is 15.0 Å². The van der Waals surface area contributed by atoms with Crippen LogP contribution in [0.3, 0.4) is 0 Å². The Morgan fingerprint density at radius 1 is 0.392 bits per heavy atom. The standard InChI is InChI=1S/C47H31N3O/c51-47(33-26-28-45-40(30-33)38-21-9-11-23-43(38)48(45)34-16-3-1-4-17-34)50(42-25-13-15-32-14-7-8-20-37(32)42)36-27-29-46-41(31-36)39-22-10-12-24-44(39)49(46)35-18-5-2-6-19-35/h1-31H. The van der Waals surface area contributed by atoms with Crippen LogP contribution < -0.4 is 4.90 Å². The van der Waals surface area contributed by atoms with Crippen molar-refractivity contribution in [1.29, 1.82) is 0 Å². The second-order valence-corrected chi connectivity index (χ2v) is 12.9. The molecule has 0 saturated carbocycles. The molecule has 0 aliphatic heterocycles. The molecule has 2 heterocycles. The largest absolute Gasteiger partial charge is 0.309 e. The molecule has 0 aliphatic rings. The molecule has 8 aromatic carbocycles. The number of fused-ring (bicyclic) bond motifs is 7. The number of rotatable bonds is 5. The van der Waals surface area contributed by atoms with Crippen LogP contribution in [0.4, 0.5) is 11.4 Å². The Kier molecular flexibility index (Phi) is 6.61. The lowest BCUT2D eigenvalue weighted by molar-refractivity contribution is 0.0999. The third kappa shape index (κ3) is 4.58. The van der Waals surface area contributed by atoms with E-state index >= 15 is 4.79 Å². The zero-order valence-corrected chi connectivity index (χ0v) is 27.6. The van der Waals surface area contributed by atoms with Crippen molar-refractivity contribution in [2.75, 3.05) is 4.90 Å². The topological polar surface area (TPSA) is 30.2 Å². The molecule has 0 atom stereocenters. The summed E-state index contributed by atoms with van der Waals surface area (Å²) in [6.07, 6.45) is 0. The van der Waals surface area contributed by atoms with Crippen LogP contribution in [0, 0.1) is 0 Å². The minimum Gasteiger partial charge on any atom is -0.309 e. The van der Waals surface area contributed by atoms with Gasteiger partial charge in [-0.3, -0.25) is 9.69 Å². The van der Waals surface area contributed by atoms with E-state index in [-0.39, 0.29) is 5.91 Å². The molecule has 0 aliphatic carbocycles. The van der Waals surface area contributed by atoms with E-state index in [9.17, 15) is 0 Å². The van der Waals surface area contributed by atoms with Gasteiger partial charge < -0.3 is 9.13 Å². The summed E-state index contributed by atoms with van der Waals surface area (Å²) >= 11 is 0. The first-order valence-corrected chi connectivity index (χ1v) is 17.2. The Morgan fingerprint density at radius 2 is 0.882 bits per heavy atom. The van der Waals surface area contributed by atoms with Crippen molar-refractivity contribution >= 4 is 71.7 Å². The average Bonchev–Trinajstić information content (AvgIpc) is 3.71. The van der Waals surface area contributed by atoms with Gasteiger partial charge in [-0.15, -0.1) is 0 Å². The van der Waals surface area contributed by atoms with E-state index in [1.54, 1.807) is 0 Å². The van der Waals surface area contributed by atoms with E-state index in [0.29, 0.717) is 5.56 Å². The molecule has 0 spiro atoms. The number of hydrogen-bond donors (Lipinski definition) is 0. The van der Waals surface area contributed by atoms with E-state index < -0.39 is 0 Å². The lowest BCUT2D eigenvalue weighted by Gasteiger charge is -2.25. The van der Waals surface area contributed by atoms with Crippen LogP contribution in [0.25, 0.3) is 65.8 Å². The number of benzene rings is 8. The monoisotopic (exact) mass is 653 g/mol. The smallest absolute Gasteiger partial charge is 0.262 e. The van der Waals surface area contributed by atoms with Gasteiger partial charge in [-0.1, -0.05) is 109 Å². The van der Waals surface area contributed by atoms with E-state index in [1.165, 1.54) is 0 Å². The number of nitrogens with zero attached hydrogens (tertiary/aromatic N) is 3. The van der Waals surface area contributed by atoms with Crippen LogP contribution >= 0.6 is 0 Å². The number of para-hydroxylation sites is 4. The highest BCUT2D eigenvalue weighted by Crippen LogP contribution is 2.40. The minimum absolute atomic E-state index is 0.0871. The fraction of sp³-hybridized carbons (Fsp3) is 0. The van der Waals surface area contributed by atoms with Crippen LogP contribution in [0.1, 0.15) is 10.4 Å². The predicted octanol–water partition coefficient (Wildman–Crippen LogP) is 12.0. The first-order chi connectivity index (χ1) is 25.2. The zero-order chi connectivity index (χ0) is 33.9. The summed E-state index contributed by atoms with van der Waals surface area (Å²) in [4.78, 5) is 17.1. The minimum atomic E-state index is -0.0871. The van der Waals surface area contributed by atoms with Crippen LogP contribution in [0.15, 0.2) is 188 Å². The van der Waals surface area contributed by atoms with Gasteiger partial charge in [-0.25, -0.2) is 0 Å². The van der Waals surface area contributed by atoms with Gasteiger partial charge in [0.15, 0.2) is 0 Å². The van der Waals surface area contributed by atoms with Crippen LogP contribution in [0.5, 0.6) is 0 Å². The summed E-state index contributed by atoms with van der Waals surface area (Å²) in [7, 11) is 0. The van der Waals surface area contributed by atoms with Gasteiger partial charge in [0, 0.05) is 43.9 Å². The summed E-state index contributed by atoms with van der Waals surface area (Å²) in [5, 5.41) is 6.47. The molecule has 4 nitrogen and oxygen atoms in total. The van der Waals surface area contributed by atoms with Crippen molar-refractivity contribution in [2.45, 2.75) is 0 Å². The fourth-order valence-electron chi connectivity index (χ4n) is 7.81. The van der Waals surface area contributed by atoms with Crippen molar-refractivity contribution in [3.63, 3.8) is 0 Å². The Balaban J connectivity index is 1.20. The highest BCUT2D eigenvalue weighted by molar-refractivity contribution is 6.19. The van der Waals surface area contributed by atoms with Gasteiger partial charge >= 0.3 is 0 Å². The van der Waals surface area contributed by atoms with Crippen LogP contribution in [0.2, 0.25) is 0 Å². The molecule has 0 unspecified atom stereocenters. The van der Waals surface area contributed by atoms with E-state index in [2.05, 4.69) is 161 Å². The molecule has 2 aromatic heterocycles. The van der Waals surface area contributed by atoms with Crippen molar-refractivity contribution in [1.82, 2.24) is 9.13 Å². The van der Waals surface area contributed by atoms with Crippen molar-refractivity contribution < 1.29 is 4.79 Å². The number of hydrogen-bond acceptors (Lipinski definition) is 1. The normalized spacial score (nSPS) is 11.6. The average molecular weight is 654 g/mol. The Bertz CT molecular complexity index is 2930. The number of amides is 1. The summed E-state index contributed by atoms with van der Waals surface area (Å²) in [6, 6.07) is 64.8.